The van der Waals surface area contributed by atoms with Gasteiger partial charge in [-0.1, -0.05) is 35.4 Å². The van der Waals surface area contributed by atoms with Crippen LogP contribution in [-0.2, 0) is 4.74 Å². The molecule has 1 amide bonds. The number of benzene rings is 2. The van der Waals surface area contributed by atoms with Gasteiger partial charge in [0.05, 0.1) is 12.1 Å². The van der Waals surface area contributed by atoms with Gasteiger partial charge in [0, 0.05) is 5.56 Å². The monoisotopic (exact) mass is 297 g/mol. The predicted octanol–water partition coefficient (Wildman–Crippen LogP) is 2.89. The maximum atomic E-state index is 11.9. The molecule has 0 unspecified atom stereocenters. The van der Waals surface area contributed by atoms with Gasteiger partial charge in [0.15, 0.2) is 0 Å². The van der Waals surface area contributed by atoms with Crippen molar-refractivity contribution in [2.45, 2.75) is 13.8 Å². The van der Waals surface area contributed by atoms with E-state index in [0.717, 1.165) is 11.1 Å². The van der Waals surface area contributed by atoms with Gasteiger partial charge in [-0.3, -0.25) is 4.79 Å². The Bertz CT molecular complexity index is 620. The molecular weight excluding hydrogens is 278 g/mol. The first kappa shape index (κ1) is 15.8. The SMILES string of the molecule is Cc1cccc(C(=O)NCCOC(=O)c2cccc(C)c2)c1. The van der Waals surface area contributed by atoms with Crippen molar-refractivity contribution in [3.8, 4) is 0 Å². The lowest BCUT2D eigenvalue weighted by atomic mass is 10.1. The van der Waals surface area contributed by atoms with Crippen LogP contribution in [0.4, 0.5) is 0 Å². The van der Waals surface area contributed by atoms with Gasteiger partial charge in [-0.2, -0.15) is 0 Å². The Morgan fingerprint density at radius 1 is 0.955 bits per heavy atom. The highest BCUT2D eigenvalue weighted by molar-refractivity contribution is 5.94. The number of rotatable bonds is 5. The maximum absolute atomic E-state index is 11.9. The third-order valence-electron chi connectivity index (χ3n) is 3.15. The molecule has 0 saturated heterocycles. The van der Waals surface area contributed by atoms with Crippen LogP contribution in [0.3, 0.4) is 0 Å². The van der Waals surface area contributed by atoms with E-state index in [-0.39, 0.29) is 25.0 Å². The van der Waals surface area contributed by atoms with Crippen LogP contribution in [0.25, 0.3) is 0 Å². The summed E-state index contributed by atoms with van der Waals surface area (Å²) in [7, 11) is 0. The molecule has 4 heteroatoms. The molecule has 22 heavy (non-hydrogen) atoms. The first-order valence-corrected chi connectivity index (χ1v) is 7.15. The van der Waals surface area contributed by atoms with Crippen molar-refractivity contribution in [2.24, 2.45) is 0 Å². The van der Waals surface area contributed by atoms with Crippen molar-refractivity contribution in [3.63, 3.8) is 0 Å². The smallest absolute Gasteiger partial charge is 0.338 e. The number of carbonyl (C=O) groups excluding carboxylic acids is 2. The zero-order chi connectivity index (χ0) is 15.9. The second kappa shape index (κ2) is 7.41. The van der Waals surface area contributed by atoms with Gasteiger partial charge in [-0.15, -0.1) is 0 Å². The summed E-state index contributed by atoms with van der Waals surface area (Å²) in [6, 6.07) is 14.5. The summed E-state index contributed by atoms with van der Waals surface area (Å²) in [5.41, 5.74) is 3.15. The summed E-state index contributed by atoms with van der Waals surface area (Å²) < 4.78 is 5.14. The van der Waals surface area contributed by atoms with Crippen LogP contribution in [0, 0.1) is 13.8 Å². The number of hydrogen-bond acceptors (Lipinski definition) is 3. The van der Waals surface area contributed by atoms with Gasteiger partial charge >= 0.3 is 5.97 Å². The van der Waals surface area contributed by atoms with Gasteiger partial charge < -0.3 is 10.1 Å². The Hall–Kier alpha value is -2.62. The zero-order valence-corrected chi connectivity index (χ0v) is 12.8. The van der Waals surface area contributed by atoms with Crippen molar-refractivity contribution < 1.29 is 14.3 Å². The Morgan fingerprint density at radius 2 is 1.55 bits per heavy atom. The lowest BCUT2D eigenvalue weighted by Crippen LogP contribution is -2.28. The van der Waals surface area contributed by atoms with E-state index >= 15 is 0 Å². The quantitative estimate of drug-likeness (QED) is 0.682. The number of amides is 1. The first-order chi connectivity index (χ1) is 10.6. The van der Waals surface area contributed by atoms with Crippen LogP contribution < -0.4 is 5.32 Å². The Balaban J connectivity index is 1.77. The number of carbonyl (C=O) groups is 2. The average molecular weight is 297 g/mol. The second-order valence-electron chi connectivity index (χ2n) is 5.13. The number of ether oxygens (including phenoxy) is 1. The summed E-state index contributed by atoms with van der Waals surface area (Å²) in [5.74, 6) is -0.552. The molecule has 0 aliphatic carbocycles. The summed E-state index contributed by atoms with van der Waals surface area (Å²) in [6.07, 6.45) is 0. The number of aryl methyl sites for hydroxylation is 2. The van der Waals surface area contributed by atoms with Crippen molar-refractivity contribution >= 4 is 11.9 Å². The summed E-state index contributed by atoms with van der Waals surface area (Å²) >= 11 is 0. The molecule has 1 N–H and O–H groups in total. The fourth-order valence-electron chi connectivity index (χ4n) is 2.05. The van der Waals surface area contributed by atoms with Crippen LogP contribution in [0.2, 0.25) is 0 Å². The van der Waals surface area contributed by atoms with Gasteiger partial charge in [-0.05, 0) is 38.1 Å². The van der Waals surface area contributed by atoms with E-state index in [4.69, 9.17) is 4.74 Å². The number of nitrogens with one attached hydrogen (secondary N) is 1. The van der Waals surface area contributed by atoms with E-state index in [0.29, 0.717) is 11.1 Å². The molecule has 2 aromatic rings. The molecule has 2 aromatic carbocycles. The van der Waals surface area contributed by atoms with Gasteiger partial charge in [-0.25, -0.2) is 4.79 Å². The third kappa shape index (κ3) is 4.45. The third-order valence-corrected chi connectivity index (χ3v) is 3.15. The second-order valence-corrected chi connectivity index (χ2v) is 5.13. The molecule has 0 heterocycles. The molecule has 0 fully saturated rings. The molecule has 0 saturated carbocycles. The van der Waals surface area contributed by atoms with Crippen LogP contribution in [0.5, 0.6) is 0 Å². The average Bonchev–Trinajstić information content (AvgIpc) is 2.51. The standard InChI is InChI=1S/C18H19NO3/c1-13-5-3-7-15(11-13)17(20)19-9-10-22-18(21)16-8-4-6-14(2)12-16/h3-8,11-12H,9-10H2,1-2H3,(H,19,20). The molecule has 0 bridgehead atoms. The van der Waals surface area contributed by atoms with Crippen molar-refractivity contribution in [1.82, 2.24) is 5.32 Å². The lowest BCUT2D eigenvalue weighted by molar-refractivity contribution is 0.0503. The van der Waals surface area contributed by atoms with E-state index in [1.807, 2.05) is 44.2 Å². The van der Waals surface area contributed by atoms with Gasteiger partial charge in [0.2, 0.25) is 0 Å². The largest absolute Gasteiger partial charge is 0.460 e. The number of hydrogen-bond donors (Lipinski definition) is 1. The van der Waals surface area contributed by atoms with E-state index in [2.05, 4.69) is 5.32 Å². The normalized spacial score (nSPS) is 10.1. The van der Waals surface area contributed by atoms with Crippen molar-refractivity contribution in [2.75, 3.05) is 13.2 Å². The molecule has 114 valence electrons. The summed E-state index contributed by atoms with van der Waals surface area (Å²) in [6.45, 7) is 4.27. The topological polar surface area (TPSA) is 55.4 Å². The van der Waals surface area contributed by atoms with Crippen LogP contribution >= 0.6 is 0 Å². The minimum absolute atomic E-state index is 0.143. The van der Waals surface area contributed by atoms with Crippen molar-refractivity contribution in [1.29, 1.82) is 0 Å². The van der Waals surface area contributed by atoms with E-state index < -0.39 is 0 Å². The fraction of sp³-hybridized carbons (Fsp3) is 0.222. The molecule has 4 nitrogen and oxygen atoms in total. The summed E-state index contributed by atoms with van der Waals surface area (Å²) in [4.78, 5) is 23.7. The highest BCUT2D eigenvalue weighted by Crippen LogP contribution is 2.06. The molecule has 0 aromatic heterocycles. The minimum Gasteiger partial charge on any atom is -0.460 e. The van der Waals surface area contributed by atoms with Crippen LogP contribution in [0.15, 0.2) is 48.5 Å². The summed E-state index contributed by atoms with van der Waals surface area (Å²) in [5, 5.41) is 2.73. The van der Waals surface area contributed by atoms with Crippen molar-refractivity contribution in [3.05, 3.63) is 70.8 Å². The molecule has 0 aliphatic rings. The fourth-order valence-corrected chi connectivity index (χ4v) is 2.05. The van der Waals surface area contributed by atoms with Crippen LogP contribution in [-0.4, -0.2) is 25.0 Å². The maximum Gasteiger partial charge on any atom is 0.338 e. The predicted molar refractivity (Wildman–Crippen MR) is 85.0 cm³/mol. The molecular formula is C18H19NO3. The van der Waals surface area contributed by atoms with Gasteiger partial charge in [0.1, 0.15) is 6.61 Å². The number of esters is 1. The van der Waals surface area contributed by atoms with E-state index in [1.54, 1.807) is 18.2 Å². The van der Waals surface area contributed by atoms with E-state index in [9.17, 15) is 9.59 Å². The Kier molecular flexibility index (Phi) is 5.31. The molecule has 0 atom stereocenters. The van der Waals surface area contributed by atoms with Gasteiger partial charge in [0.25, 0.3) is 5.91 Å². The minimum atomic E-state index is -0.381. The lowest BCUT2D eigenvalue weighted by Gasteiger charge is -2.07. The molecule has 0 aliphatic heterocycles. The Labute approximate surface area is 130 Å². The Morgan fingerprint density at radius 3 is 2.18 bits per heavy atom. The molecule has 2 rings (SSSR count). The highest BCUT2D eigenvalue weighted by Gasteiger charge is 2.08. The highest BCUT2D eigenvalue weighted by atomic mass is 16.5. The molecule has 0 radical (unpaired) electrons. The van der Waals surface area contributed by atoms with Crippen LogP contribution in [0.1, 0.15) is 31.8 Å². The van der Waals surface area contributed by atoms with E-state index in [1.165, 1.54) is 0 Å². The first-order valence-electron chi connectivity index (χ1n) is 7.15. The molecule has 0 spiro atoms. The zero-order valence-electron chi connectivity index (χ0n) is 12.8.